The molecule has 1 aliphatic carbocycles. The molecule has 6 nitrogen and oxygen atoms in total. The molecule has 0 unspecified atom stereocenters. The van der Waals surface area contributed by atoms with Crippen LogP contribution >= 0.6 is 11.8 Å². The Kier molecular flexibility index (Phi) is 5.43. The zero-order valence-electron chi connectivity index (χ0n) is 15.4. The molecular formula is C21H21N3O3S. The van der Waals surface area contributed by atoms with Gasteiger partial charge < -0.3 is 0 Å². The molecule has 7 heteroatoms. The van der Waals surface area contributed by atoms with E-state index < -0.39 is 0 Å². The van der Waals surface area contributed by atoms with Crippen LogP contribution in [0, 0.1) is 10.1 Å². The topological polar surface area (TPSA) is 78.0 Å². The predicted octanol–water partition coefficient (Wildman–Crippen LogP) is 5.10. The second-order valence-electron chi connectivity index (χ2n) is 7.05. The van der Waals surface area contributed by atoms with Gasteiger partial charge in [-0.1, -0.05) is 61.4 Å². The van der Waals surface area contributed by atoms with Gasteiger partial charge in [0.25, 0.3) is 11.2 Å². The Bertz CT molecular complexity index is 1070. The number of para-hydroxylation sites is 2. The third-order valence-corrected chi connectivity index (χ3v) is 6.26. The fraction of sp³-hybridized carbons (Fsp3) is 0.333. The van der Waals surface area contributed by atoms with E-state index in [0.717, 1.165) is 25.7 Å². The van der Waals surface area contributed by atoms with Crippen molar-refractivity contribution in [2.75, 3.05) is 0 Å². The summed E-state index contributed by atoms with van der Waals surface area (Å²) in [6, 6.07) is 14.3. The molecule has 1 aliphatic rings. The van der Waals surface area contributed by atoms with E-state index in [1.165, 1.54) is 24.2 Å². The number of benzene rings is 2. The molecule has 4 rings (SSSR count). The maximum Gasteiger partial charge on any atom is 0.273 e. The third kappa shape index (κ3) is 3.67. The zero-order chi connectivity index (χ0) is 19.5. The first kappa shape index (κ1) is 18.7. The summed E-state index contributed by atoms with van der Waals surface area (Å²) in [7, 11) is 0. The van der Waals surface area contributed by atoms with Crippen LogP contribution in [-0.2, 0) is 5.75 Å². The molecule has 144 valence electrons. The molecule has 0 N–H and O–H groups in total. The van der Waals surface area contributed by atoms with E-state index in [9.17, 15) is 14.9 Å². The highest BCUT2D eigenvalue weighted by Crippen LogP contribution is 2.33. The van der Waals surface area contributed by atoms with Crippen LogP contribution in [0.25, 0.3) is 10.9 Å². The number of nitro groups is 1. The van der Waals surface area contributed by atoms with Gasteiger partial charge in [-0.05, 0) is 25.0 Å². The summed E-state index contributed by atoms with van der Waals surface area (Å²) in [5, 5.41) is 12.6. The average molecular weight is 395 g/mol. The number of fused-ring (bicyclic) bond motifs is 1. The summed E-state index contributed by atoms with van der Waals surface area (Å²) in [4.78, 5) is 28.9. The molecule has 0 atom stereocenters. The van der Waals surface area contributed by atoms with Gasteiger partial charge in [-0.3, -0.25) is 19.5 Å². The molecule has 0 amide bonds. The van der Waals surface area contributed by atoms with Gasteiger partial charge in [-0.25, -0.2) is 4.98 Å². The average Bonchev–Trinajstić information content (AvgIpc) is 2.73. The number of hydrogen-bond donors (Lipinski definition) is 0. The highest BCUT2D eigenvalue weighted by Gasteiger charge is 2.22. The van der Waals surface area contributed by atoms with Crippen molar-refractivity contribution in [3.05, 3.63) is 74.6 Å². The summed E-state index contributed by atoms with van der Waals surface area (Å²) in [5.74, 6) is 0.397. The second kappa shape index (κ2) is 8.14. The first-order chi connectivity index (χ1) is 13.6. The highest BCUT2D eigenvalue weighted by molar-refractivity contribution is 7.98. The van der Waals surface area contributed by atoms with Crippen molar-refractivity contribution in [1.82, 2.24) is 9.55 Å². The maximum atomic E-state index is 13.2. The summed E-state index contributed by atoms with van der Waals surface area (Å²) >= 11 is 1.40. The van der Waals surface area contributed by atoms with Gasteiger partial charge in [0.05, 0.1) is 15.8 Å². The minimum atomic E-state index is -0.363. The number of aromatic nitrogens is 2. The van der Waals surface area contributed by atoms with Crippen LogP contribution in [0.1, 0.15) is 43.7 Å². The van der Waals surface area contributed by atoms with E-state index in [2.05, 4.69) is 0 Å². The molecule has 3 aromatic rings. The molecule has 28 heavy (non-hydrogen) atoms. The molecule has 1 fully saturated rings. The van der Waals surface area contributed by atoms with Gasteiger partial charge in [0.15, 0.2) is 5.16 Å². The fourth-order valence-corrected chi connectivity index (χ4v) is 4.90. The number of rotatable bonds is 5. The third-order valence-electron chi connectivity index (χ3n) is 5.26. The van der Waals surface area contributed by atoms with Crippen LogP contribution < -0.4 is 5.56 Å². The van der Waals surface area contributed by atoms with Crippen molar-refractivity contribution in [3.63, 3.8) is 0 Å². The van der Waals surface area contributed by atoms with Crippen LogP contribution in [-0.4, -0.2) is 14.5 Å². The Hall–Kier alpha value is -2.67. The molecule has 0 saturated heterocycles. The second-order valence-corrected chi connectivity index (χ2v) is 8.00. The van der Waals surface area contributed by atoms with Gasteiger partial charge in [-0.15, -0.1) is 0 Å². The number of nitro benzene ring substituents is 1. The van der Waals surface area contributed by atoms with Crippen LogP contribution in [0.5, 0.6) is 0 Å². The summed E-state index contributed by atoms with van der Waals surface area (Å²) in [6.07, 6.45) is 5.36. The largest absolute Gasteiger partial charge is 0.284 e. The molecule has 1 heterocycles. The van der Waals surface area contributed by atoms with Crippen LogP contribution in [0.2, 0.25) is 0 Å². The quantitative estimate of drug-likeness (QED) is 0.260. The minimum Gasteiger partial charge on any atom is -0.284 e. The van der Waals surface area contributed by atoms with E-state index in [1.807, 2.05) is 28.8 Å². The van der Waals surface area contributed by atoms with Crippen molar-refractivity contribution in [1.29, 1.82) is 0 Å². The molecule has 0 spiro atoms. The van der Waals surface area contributed by atoms with Gasteiger partial charge in [0, 0.05) is 23.4 Å². The summed E-state index contributed by atoms with van der Waals surface area (Å²) < 4.78 is 1.83. The van der Waals surface area contributed by atoms with E-state index in [4.69, 9.17) is 4.98 Å². The Balaban J connectivity index is 1.75. The van der Waals surface area contributed by atoms with Crippen LogP contribution in [0.15, 0.2) is 58.5 Å². The monoisotopic (exact) mass is 395 g/mol. The lowest BCUT2D eigenvalue weighted by molar-refractivity contribution is -0.385. The minimum absolute atomic E-state index is 0.0115. The van der Waals surface area contributed by atoms with Crippen molar-refractivity contribution in [2.45, 2.75) is 49.1 Å². The molecule has 2 aromatic carbocycles. The Morgan fingerprint density at radius 3 is 2.57 bits per heavy atom. The van der Waals surface area contributed by atoms with Gasteiger partial charge in [0.2, 0.25) is 0 Å². The molecular weight excluding hydrogens is 374 g/mol. The summed E-state index contributed by atoms with van der Waals surface area (Å²) in [6.45, 7) is 0. The number of thioether (sulfide) groups is 1. The fourth-order valence-electron chi connectivity index (χ4n) is 3.84. The predicted molar refractivity (Wildman–Crippen MR) is 111 cm³/mol. The van der Waals surface area contributed by atoms with E-state index >= 15 is 0 Å². The van der Waals surface area contributed by atoms with Gasteiger partial charge in [0.1, 0.15) is 0 Å². The van der Waals surface area contributed by atoms with E-state index in [0.29, 0.717) is 27.4 Å². The molecule has 1 saturated carbocycles. The Morgan fingerprint density at radius 1 is 1.07 bits per heavy atom. The van der Waals surface area contributed by atoms with Crippen molar-refractivity contribution >= 4 is 28.4 Å². The standard InChI is InChI=1S/C21H21N3O3S/c25-20-17-11-5-6-12-18(17)22-21(23(20)16-9-2-1-3-10-16)28-14-15-8-4-7-13-19(15)24(26)27/h4-8,11-13,16H,1-3,9-10,14H2. The summed E-state index contributed by atoms with van der Waals surface area (Å²) in [5.41, 5.74) is 1.39. The molecule has 0 bridgehead atoms. The molecule has 0 radical (unpaired) electrons. The Labute approximate surface area is 166 Å². The smallest absolute Gasteiger partial charge is 0.273 e. The van der Waals surface area contributed by atoms with Crippen LogP contribution in [0.3, 0.4) is 0 Å². The zero-order valence-corrected chi connectivity index (χ0v) is 16.2. The molecule has 1 aromatic heterocycles. The van der Waals surface area contributed by atoms with Crippen molar-refractivity contribution in [3.8, 4) is 0 Å². The SMILES string of the molecule is O=c1c2ccccc2nc(SCc2ccccc2[N+](=O)[O-])n1C1CCCCC1. The normalized spacial score (nSPS) is 15.0. The lowest BCUT2D eigenvalue weighted by atomic mass is 9.95. The van der Waals surface area contributed by atoms with Gasteiger partial charge in [-0.2, -0.15) is 0 Å². The van der Waals surface area contributed by atoms with Crippen LogP contribution in [0.4, 0.5) is 5.69 Å². The first-order valence-electron chi connectivity index (χ1n) is 9.51. The van der Waals surface area contributed by atoms with Crippen molar-refractivity contribution < 1.29 is 4.92 Å². The molecule has 0 aliphatic heterocycles. The Morgan fingerprint density at radius 2 is 1.79 bits per heavy atom. The number of hydrogen-bond acceptors (Lipinski definition) is 5. The van der Waals surface area contributed by atoms with Gasteiger partial charge >= 0.3 is 0 Å². The lowest BCUT2D eigenvalue weighted by Gasteiger charge is -2.26. The van der Waals surface area contributed by atoms with E-state index in [1.54, 1.807) is 18.2 Å². The number of nitrogens with zero attached hydrogens (tertiary/aromatic N) is 3. The highest BCUT2D eigenvalue weighted by atomic mass is 32.2. The van der Waals surface area contributed by atoms with E-state index in [-0.39, 0.29) is 22.2 Å². The lowest BCUT2D eigenvalue weighted by Crippen LogP contribution is -2.29. The maximum absolute atomic E-state index is 13.2. The van der Waals surface area contributed by atoms with Crippen molar-refractivity contribution in [2.24, 2.45) is 0 Å². The first-order valence-corrected chi connectivity index (χ1v) is 10.5.